The van der Waals surface area contributed by atoms with Crippen molar-refractivity contribution in [1.82, 2.24) is 9.88 Å². The van der Waals surface area contributed by atoms with Crippen molar-refractivity contribution in [2.24, 2.45) is 5.92 Å². The molecule has 1 aromatic heterocycles. The minimum Gasteiger partial charge on any atom is -0.343 e. The van der Waals surface area contributed by atoms with Gasteiger partial charge in [-0.25, -0.2) is 0 Å². The summed E-state index contributed by atoms with van der Waals surface area (Å²) in [5.74, 6) is 0.690. The van der Waals surface area contributed by atoms with E-state index in [1.807, 2.05) is 0 Å². The van der Waals surface area contributed by atoms with E-state index in [9.17, 15) is 0 Å². The van der Waals surface area contributed by atoms with Crippen molar-refractivity contribution in [2.45, 2.75) is 26.9 Å². The van der Waals surface area contributed by atoms with E-state index in [2.05, 4.69) is 84.5 Å². The van der Waals surface area contributed by atoms with Gasteiger partial charge < -0.3 is 9.88 Å². The lowest BCUT2D eigenvalue weighted by molar-refractivity contribution is 0.552. The zero-order valence-corrected chi connectivity index (χ0v) is 13.4. The van der Waals surface area contributed by atoms with E-state index in [4.69, 9.17) is 0 Å². The van der Waals surface area contributed by atoms with Gasteiger partial charge in [0, 0.05) is 24.8 Å². The number of nitrogens with zero attached hydrogens (tertiary/aromatic N) is 1. The SMILES string of the molecule is CC(C)CNCc1ccc2c(ccn2Cc2ccccc2)c1. The fourth-order valence-corrected chi connectivity index (χ4v) is 2.78. The smallest absolute Gasteiger partial charge is 0.0483 e. The first kappa shape index (κ1) is 14.9. The molecule has 2 heteroatoms. The normalized spacial score (nSPS) is 11.4. The maximum atomic E-state index is 3.51. The molecule has 0 bridgehead atoms. The van der Waals surface area contributed by atoms with Crippen LogP contribution in [0.1, 0.15) is 25.0 Å². The summed E-state index contributed by atoms with van der Waals surface area (Å²) in [7, 11) is 0. The van der Waals surface area contributed by atoms with E-state index in [-0.39, 0.29) is 0 Å². The molecular weight excluding hydrogens is 268 g/mol. The first-order valence-electron chi connectivity index (χ1n) is 8.05. The van der Waals surface area contributed by atoms with Crippen LogP contribution < -0.4 is 5.32 Å². The largest absolute Gasteiger partial charge is 0.343 e. The second-order valence-electron chi connectivity index (χ2n) is 6.35. The van der Waals surface area contributed by atoms with Crippen LogP contribution in [-0.4, -0.2) is 11.1 Å². The zero-order chi connectivity index (χ0) is 15.4. The Hall–Kier alpha value is -2.06. The van der Waals surface area contributed by atoms with Crippen LogP contribution in [0, 0.1) is 5.92 Å². The molecule has 0 atom stereocenters. The van der Waals surface area contributed by atoms with Crippen LogP contribution in [0.4, 0.5) is 0 Å². The summed E-state index contributed by atoms with van der Waals surface area (Å²) in [5, 5.41) is 4.82. The van der Waals surface area contributed by atoms with Crippen LogP contribution in [0.3, 0.4) is 0 Å². The Bertz CT molecular complexity index is 726. The quantitative estimate of drug-likeness (QED) is 0.711. The molecule has 0 radical (unpaired) electrons. The molecule has 0 spiro atoms. The third kappa shape index (κ3) is 3.58. The topological polar surface area (TPSA) is 17.0 Å². The first-order valence-corrected chi connectivity index (χ1v) is 8.05. The zero-order valence-electron chi connectivity index (χ0n) is 13.4. The first-order chi connectivity index (χ1) is 10.7. The molecule has 3 rings (SSSR count). The Labute approximate surface area is 132 Å². The molecule has 0 aliphatic rings. The fourth-order valence-electron chi connectivity index (χ4n) is 2.78. The molecule has 0 aliphatic carbocycles. The molecular formula is C20H24N2. The van der Waals surface area contributed by atoms with Gasteiger partial charge in [0.05, 0.1) is 0 Å². The van der Waals surface area contributed by atoms with Gasteiger partial charge in [0.2, 0.25) is 0 Å². The van der Waals surface area contributed by atoms with E-state index in [1.165, 1.54) is 22.0 Å². The Morgan fingerprint density at radius 2 is 1.77 bits per heavy atom. The van der Waals surface area contributed by atoms with Gasteiger partial charge in [-0.2, -0.15) is 0 Å². The standard InChI is InChI=1S/C20H24N2/c1-16(2)13-21-14-18-8-9-20-19(12-18)10-11-22(20)15-17-6-4-3-5-7-17/h3-12,16,21H,13-15H2,1-2H3. The van der Waals surface area contributed by atoms with Gasteiger partial charge in [0.15, 0.2) is 0 Å². The van der Waals surface area contributed by atoms with E-state index in [0.29, 0.717) is 5.92 Å². The van der Waals surface area contributed by atoms with Crippen molar-refractivity contribution in [3.05, 3.63) is 71.9 Å². The van der Waals surface area contributed by atoms with Gasteiger partial charge in [0.1, 0.15) is 0 Å². The van der Waals surface area contributed by atoms with Gasteiger partial charge in [-0.15, -0.1) is 0 Å². The van der Waals surface area contributed by atoms with Gasteiger partial charge >= 0.3 is 0 Å². The van der Waals surface area contributed by atoms with Gasteiger partial charge in [0.25, 0.3) is 0 Å². The number of hydrogen-bond acceptors (Lipinski definition) is 1. The van der Waals surface area contributed by atoms with E-state index in [0.717, 1.165) is 19.6 Å². The minimum absolute atomic E-state index is 0.690. The molecule has 1 heterocycles. The maximum absolute atomic E-state index is 3.51. The molecule has 0 unspecified atom stereocenters. The summed E-state index contributed by atoms with van der Waals surface area (Å²) in [5.41, 5.74) is 3.99. The third-order valence-electron chi connectivity index (χ3n) is 3.91. The van der Waals surface area contributed by atoms with Crippen LogP contribution >= 0.6 is 0 Å². The molecule has 3 aromatic rings. The highest BCUT2D eigenvalue weighted by molar-refractivity contribution is 5.81. The average molecular weight is 292 g/mol. The van der Waals surface area contributed by atoms with E-state index in [1.54, 1.807) is 0 Å². The summed E-state index contributed by atoms with van der Waals surface area (Å²) in [6.07, 6.45) is 2.18. The molecule has 0 saturated carbocycles. The molecule has 22 heavy (non-hydrogen) atoms. The van der Waals surface area contributed by atoms with Crippen molar-refractivity contribution < 1.29 is 0 Å². The molecule has 114 valence electrons. The van der Waals surface area contributed by atoms with Crippen molar-refractivity contribution in [2.75, 3.05) is 6.54 Å². The molecule has 2 nitrogen and oxygen atoms in total. The van der Waals surface area contributed by atoms with Crippen LogP contribution in [-0.2, 0) is 13.1 Å². The Morgan fingerprint density at radius 3 is 2.55 bits per heavy atom. The number of aromatic nitrogens is 1. The summed E-state index contributed by atoms with van der Waals surface area (Å²) < 4.78 is 2.32. The lowest BCUT2D eigenvalue weighted by atomic mass is 10.1. The molecule has 0 fully saturated rings. The van der Waals surface area contributed by atoms with E-state index < -0.39 is 0 Å². The van der Waals surface area contributed by atoms with Crippen LogP contribution in [0.5, 0.6) is 0 Å². The predicted molar refractivity (Wildman–Crippen MR) is 94.0 cm³/mol. The van der Waals surface area contributed by atoms with Crippen molar-refractivity contribution in [1.29, 1.82) is 0 Å². The second-order valence-corrected chi connectivity index (χ2v) is 6.35. The second kappa shape index (κ2) is 6.80. The van der Waals surface area contributed by atoms with E-state index >= 15 is 0 Å². The Morgan fingerprint density at radius 1 is 0.955 bits per heavy atom. The molecule has 2 aromatic carbocycles. The van der Waals surface area contributed by atoms with Crippen molar-refractivity contribution in [3.63, 3.8) is 0 Å². The van der Waals surface area contributed by atoms with Crippen molar-refractivity contribution >= 4 is 10.9 Å². The minimum atomic E-state index is 0.690. The Balaban J connectivity index is 1.75. The number of nitrogens with one attached hydrogen (secondary N) is 1. The molecule has 1 N–H and O–H groups in total. The molecule has 0 aliphatic heterocycles. The lowest BCUT2D eigenvalue weighted by Crippen LogP contribution is -2.18. The predicted octanol–water partition coefficient (Wildman–Crippen LogP) is 4.44. The average Bonchev–Trinajstić information content (AvgIpc) is 2.90. The highest BCUT2D eigenvalue weighted by atomic mass is 14.9. The maximum Gasteiger partial charge on any atom is 0.0483 e. The monoisotopic (exact) mass is 292 g/mol. The van der Waals surface area contributed by atoms with Gasteiger partial charge in [-0.3, -0.25) is 0 Å². The highest BCUT2D eigenvalue weighted by Crippen LogP contribution is 2.19. The number of hydrogen-bond donors (Lipinski definition) is 1. The summed E-state index contributed by atoms with van der Waals surface area (Å²) >= 11 is 0. The van der Waals surface area contributed by atoms with Gasteiger partial charge in [-0.05, 0) is 47.2 Å². The molecule has 0 amide bonds. The van der Waals surface area contributed by atoms with Crippen LogP contribution in [0.15, 0.2) is 60.8 Å². The fraction of sp³-hybridized carbons (Fsp3) is 0.300. The number of benzene rings is 2. The van der Waals surface area contributed by atoms with Crippen molar-refractivity contribution in [3.8, 4) is 0 Å². The summed E-state index contributed by atoms with van der Waals surface area (Å²) in [4.78, 5) is 0. The highest BCUT2D eigenvalue weighted by Gasteiger charge is 2.03. The lowest BCUT2D eigenvalue weighted by Gasteiger charge is -2.09. The molecule has 0 saturated heterocycles. The Kier molecular flexibility index (Phi) is 4.59. The van der Waals surface area contributed by atoms with Crippen LogP contribution in [0.25, 0.3) is 10.9 Å². The summed E-state index contributed by atoms with van der Waals surface area (Å²) in [6, 6.07) is 19.6. The summed E-state index contributed by atoms with van der Waals surface area (Å²) in [6.45, 7) is 7.40. The van der Waals surface area contributed by atoms with Crippen LogP contribution in [0.2, 0.25) is 0 Å². The van der Waals surface area contributed by atoms with Gasteiger partial charge in [-0.1, -0.05) is 50.2 Å². The number of rotatable bonds is 6. The third-order valence-corrected chi connectivity index (χ3v) is 3.91. The number of fused-ring (bicyclic) bond motifs is 1.